The Bertz CT molecular complexity index is 5510. The van der Waals surface area contributed by atoms with Crippen molar-refractivity contribution in [1.29, 1.82) is 0 Å². The Morgan fingerprint density at radius 2 is 0.158 bits per heavy atom. The summed E-state index contributed by atoms with van der Waals surface area (Å²) in [6.45, 7) is 26.7. The van der Waals surface area contributed by atoms with Crippen molar-refractivity contribution >= 4 is 206 Å². The second kappa shape index (κ2) is 34.8. The van der Waals surface area contributed by atoms with Crippen LogP contribution in [0.4, 0.5) is 0 Å². The number of benzene rings is 19. The molecule has 0 saturated carbocycles. The van der Waals surface area contributed by atoms with Crippen LogP contribution in [0.15, 0.2) is 409 Å². The molecule has 19 aromatic rings. The first-order chi connectivity index (χ1) is 58.3. The average Bonchev–Trinajstić information content (AvgIpc) is 0.648. The molecule has 0 heterocycles. The molecule has 0 saturated heterocycles. The highest BCUT2D eigenvalue weighted by Gasteiger charge is 2.40. The summed E-state index contributed by atoms with van der Waals surface area (Å²) in [6.07, 6.45) is 0. The molecule has 0 aliphatic heterocycles. The van der Waals surface area contributed by atoms with Gasteiger partial charge in [-0.3, -0.25) is 0 Å². The normalized spacial score (nSPS) is 11.9. The molecule has 0 atom stereocenters. The molecule has 0 nitrogen and oxygen atoms in total. The van der Waals surface area contributed by atoms with E-state index in [2.05, 4.69) is 374 Å². The van der Waals surface area contributed by atoms with Crippen LogP contribution in [-0.4, -0.2) is 0 Å². The monoisotopic (exact) mass is 1760 g/mol. The lowest BCUT2D eigenvalue weighted by Crippen LogP contribution is -2.05. The Balaban J connectivity index is 1.19. The van der Waals surface area contributed by atoms with Gasteiger partial charge in [0, 0.05) is 182 Å². The molecule has 19 rings (SSSR count). The van der Waals surface area contributed by atoms with Crippen LogP contribution in [0.5, 0.6) is 0 Å². The van der Waals surface area contributed by atoms with Crippen molar-refractivity contribution < 1.29 is 0 Å². The van der Waals surface area contributed by atoms with Crippen LogP contribution in [-0.2, 0) is 0 Å². The zero-order valence-electron chi connectivity index (χ0n) is 68.6. The molecule has 0 aliphatic rings. The van der Waals surface area contributed by atoms with Gasteiger partial charge >= 0.3 is 0 Å². The summed E-state index contributed by atoms with van der Waals surface area (Å²) in [6, 6.07) is 113. The van der Waals surface area contributed by atoms with Crippen molar-refractivity contribution in [3.05, 3.63) is 358 Å². The van der Waals surface area contributed by atoms with Gasteiger partial charge in [-0.05, 0) is 229 Å². The van der Waals surface area contributed by atoms with Crippen LogP contribution in [0.2, 0.25) is 0 Å². The standard InChI is InChI=1S/C108H84S12/c1-61-13-37-73(38-14-61)109-97-91-85-86-88-90-89-87(85)93(101(113-77-45-21-65(5)22-46-77)99(91)111-75-41-17-63(3)18-42-75)103(115-79-49-25-67(7)26-50-79)105(117-81-53-29-69(9)30-54-81)95(89)106(118-82-55-31-70(10)32-56-82)108(120-84-59-35-72(12)36-60-84)96(90)107(119-83-57-33-71(11)34-58-83)104(116-80-51-27-68(8)28-52-80)94(88)102(114-78-47-23-66(6)24-48-78)100(112-76-43-19-64(4)20-44-76)92(86)98(97)110-74-39-15-62(2)16-40-74/h13-60H,1-12H3. The fourth-order valence-electron chi connectivity index (χ4n) is 15.5. The minimum Gasteiger partial charge on any atom is -0.0882 e. The molecule has 0 spiro atoms. The number of hydrogen-bond acceptors (Lipinski definition) is 12. The second-order valence-corrected chi connectivity index (χ2v) is 44.4. The zero-order valence-corrected chi connectivity index (χ0v) is 78.4. The van der Waals surface area contributed by atoms with E-state index >= 15 is 0 Å². The zero-order chi connectivity index (χ0) is 82.1. The molecule has 0 fully saturated rings. The first-order valence-electron chi connectivity index (χ1n) is 40.3. The first-order valence-corrected chi connectivity index (χ1v) is 50.1. The summed E-state index contributed by atoms with van der Waals surface area (Å²) in [5.74, 6) is 0. The maximum atomic E-state index is 2.38. The summed E-state index contributed by atoms with van der Waals surface area (Å²) in [5, 5.41) is 15.4. The van der Waals surface area contributed by atoms with Gasteiger partial charge < -0.3 is 0 Å². The third-order valence-electron chi connectivity index (χ3n) is 21.9. The van der Waals surface area contributed by atoms with Crippen molar-refractivity contribution in [2.45, 2.75) is 201 Å². The van der Waals surface area contributed by atoms with E-state index < -0.39 is 0 Å². The van der Waals surface area contributed by atoms with Crippen molar-refractivity contribution in [3.8, 4) is 0 Å². The molecule has 19 aromatic carbocycles. The van der Waals surface area contributed by atoms with Crippen LogP contribution < -0.4 is 0 Å². The molecule has 0 aliphatic carbocycles. The average molecular weight is 1770 g/mol. The van der Waals surface area contributed by atoms with Gasteiger partial charge in [0.1, 0.15) is 0 Å². The third-order valence-corrected chi connectivity index (χ3v) is 36.1. The van der Waals surface area contributed by atoms with Crippen molar-refractivity contribution in [2.24, 2.45) is 0 Å². The molecule has 0 bridgehead atoms. The molecular weight excluding hydrogens is 1680 g/mol. The fourth-order valence-corrected chi connectivity index (χ4v) is 29.4. The maximum absolute atomic E-state index is 2.38. The van der Waals surface area contributed by atoms with Gasteiger partial charge in [-0.1, -0.05) is 353 Å². The van der Waals surface area contributed by atoms with E-state index in [1.165, 1.54) is 249 Å². The highest BCUT2D eigenvalue weighted by molar-refractivity contribution is 8.06. The highest BCUT2D eigenvalue weighted by atomic mass is 32.2. The van der Waals surface area contributed by atoms with Crippen LogP contribution in [0, 0.1) is 83.1 Å². The van der Waals surface area contributed by atoms with Gasteiger partial charge in [0.2, 0.25) is 0 Å². The predicted molar refractivity (Wildman–Crippen MR) is 529 cm³/mol. The smallest absolute Gasteiger partial charge is 0.0359 e. The summed E-state index contributed by atoms with van der Waals surface area (Å²) < 4.78 is 0. The largest absolute Gasteiger partial charge is 0.0882 e. The minimum absolute atomic E-state index is 1.18. The van der Waals surface area contributed by atoms with E-state index in [0.29, 0.717) is 0 Å². The quantitative estimate of drug-likeness (QED) is 0.0418. The second-order valence-electron chi connectivity index (χ2n) is 31.4. The fraction of sp³-hybridized carbons (Fsp3) is 0.111. The van der Waals surface area contributed by atoms with Crippen LogP contribution >= 0.6 is 141 Å². The minimum atomic E-state index is 1.18. The SMILES string of the molecule is Cc1ccc(Sc2c(Sc3ccc(C)cc3)c3c(Sc4ccc(C)cc4)c(Sc4ccc(C)cc4)c4c(Sc5ccc(C)cc5)c(Sc5ccc(C)cc5)c5c(Sc6ccc(C)cc6)c(Sc6ccc(C)cc6)c6c(Sc7ccc(C)cc7)c(Sc7ccc(C)cc7)c7c(Sc8ccc(C)cc8)c(Sc8ccc(C)cc8)c2c2c3c4c5c6c72)cc1. The Hall–Kier alpha value is -8.28. The van der Waals surface area contributed by atoms with Gasteiger partial charge in [0.25, 0.3) is 0 Å². The lowest BCUT2D eigenvalue weighted by molar-refractivity contribution is 1.17. The van der Waals surface area contributed by atoms with Crippen molar-refractivity contribution in [3.63, 3.8) is 0 Å². The van der Waals surface area contributed by atoms with Crippen LogP contribution in [0.25, 0.3) is 64.6 Å². The van der Waals surface area contributed by atoms with Crippen LogP contribution in [0.1, 0.15) is 66.8 Å². The van der Waals surface area contributed by atoms with Gasteiger partial charge in [0.05, 0.1) is 0 Å². The van der Waals surface area contributed by atoms with Gasteiger partial charge in [-0.15, -0.1) is 0 Å². The maximum Gasteiger partial charge on any atom is 0.0359 e. The molecule has 588 valence electrons. The first kappa shape index (κ1) is 81.4. The van der Waals surface area contributed by atoms with E-state index in [1.807, 2.05) is 141 Å². The molecule has 12 heteroatoms. The molecule has 0 aromatic heterocycles. The number of hydrogen-bond donors (Lipinski definition) is 0. The molecule has 0 radical (unpaired) electrons. The topological polar surface area (TPSA) is 0 Å². The molecule has 0 amide bonds. The molecule has 120 heavy (non-hydrogen) atoms. The lowest BCUT2D eigenvalue weighted by atomic mass is 9.82. The van der Waals surface area contributed by atoms with E-state index in [-0.39, 0.29) is 0 Å². The third kappa shape index (κ3) is 16.6. The number of rotatable bonds is 24. The Labute approximate surface area is 756 Å². The lowest BCUT2D eigenvalue weighted by Gasteiger charge is -2.34. The molecule has 0 N–H and O–H groups in total. The summed E-state index contributed by atoms with van der Waals surface area (Å²) in [4.78, 5) is 29.1. The Morgan fingerprint density at radius 1 is 0.0917 bits per heavy atom. The van der Waals surface area contributed by atoms with Crippen molar-refractivity contribution in [2.75, 3.05) is 0 Å². The summed E-state index contributed by atoms with van der Waals surface area (Å²) >= 11 is 23.4. The van der Waals surface area contributed by atoms with E-state index in [4.69, 9.17) is 0 Å². The Morgan fingerprint density at radius 3 is 0.225 bits per heavy atom. The van der Waals surface area contributed by atoms with E-state index in [0.717, 1.165) is 0 Å². The van der Waals surface area contributed by atoms with Gasteiger partial charge in [-0.2, -0.15) is 0 Å². The summed E-state index contributed by atoms with van der Waals surface area (Å²) in [7, 11) is 0. The highest BCUT2D eigenvalue weighted by Crippen LogP contribution is 2.70. The molecule has 0 unspecified atom stereocenters. The van der Waals surface area contributed by atoms with Gasteiger partial charge in [-0.25, -0.2) is 0 Å². The molecular formula is C108H84S12. The summed E-state index contributed by atoms with van der Waals surface area (Å²) in [5.41, 5.74) is 14.7. The number of aryl methyl sites for hydroxylation is 12. The van der Waals surface area contributed by atoms with E-state index in [1.54, 1.807) is 0 Å². The predicted octanol–water partition coefficient (Wildman–Crippen LogP) is 36.4. The van der Waals surface area contributed by atoms with Gasteiger partial charge in [0.15, 0.2) is 0 Å². The van der Waals surface area contributed by atoms with Crippen molar-refractivity contribution in [1.82, 2.24) is 0 Å². The Kier molecular flexibility index (Phi) is 23.6. The van der Waals surface area contributed by atoms with Crippen LogP contribution in [0.3, 0.4) is 0 Å². The van der Waals surface area contributed by atoms with E-state index in [9.17, 15) is 0 Å².